The van der Waals surface area contributed by atoms with Crippen molar-refractivity contribution in [1.82, 2.24) is 0 Å². The third-order valence-electron chi connectivity index (χ3n) is 2.05. The van der Waals surface area contributed by atoms with Gasteiger partial charge in [0.15, 0.2) is 0 Å². The molecule has 2 rings (SSSR count). The number of fused-ring (bicyclic) bond motifs is 1. The largest absolute Gasteiger partial charge is 0.497 e. The van der Waals surface area contributed by atoms with Gasteiger partial charge in [-0.05, 0) is 12.1 Å². The third kappa shape index (κ3) is 1.65. The van der Waals surface area contributed by atoms with Crippen molar-refractivity contribution in [2.24, 2.45) is 4.99 Å². The molecule has 0 radical (unpaired) electrons. The molecule has 1 aliphatic heterocycles. The SMILES string of the molecule is COc1ccc2c(c1)N=C(Cl)CC2=S. The molecule has 14 heavy (non-hydrogen) atoms. The number of methoxy groups -OCH3 is 1. The molecule has 1 aromatic carbocycles. The molecule has 0 saturated heterocycles. The van der Waals surface area contributed by atoms with Gasteiger partial charge in [0, 0.05) is 22.9 Å². The van der Waals surface area contributed by atoms with Crippen LogP contribution in [0.25, 0.3) is 0 Å². The molecule has 72 valence electrons. The highest BCUT2D eigenvalue weighted by molar-refractivity contribution is 7.81. The van der Waals surface area contributed by atoms with Crippen molar-refractivity contribution in [3.05, 3.63) is 23.8 Å². The average molecular weight is 226 g/mol. The minimum Gasteiger partial charge on any atom is -0.497 e. The van der Waals surface area contributed by atoms with Crippen LogP contribution in [0.15, 0.2) is 23.2 Å². The average Bonchev–Trinajstić information content (AvgIpc) is 2.16. The smallest absolute Gasteiger partial charge is 0.121 e. The highest BCUT2D eigenvalue weighted by Crippen LogP contribution is 2.30. The summed E-state index contributed by atoms with van der Waals surface area (Å²) < 4.78 is 5.10. The molecule has 0 spiro atoms. The fourth-order valence-electron chi connectivity index (χ4n) is 1.36. The molecule has 0 atom stereocenters. The van der Waals surface area contributed by atoms with Gasteiger partial charge in [-0.15, -0.1) is 0 Å². The van der Waals surface area contributed by atoms with Crippen molar-refractivity contribution in [1.29, 1.82) is 0 Å². The Morgan fingerprint density at radius 3 is 3.00 bits per heavy atom. The Kier molecular flexibility index (Phi) is 2.52. The first-order valence-corrected chi connectivity index (χ1v) is 4.93. The zero-order valence-corrected chi connectivity index (χ0v) is 9.15. The second-order valence-electron chi connectivity index (χ2n) is 2.97. The summed E-state index contributed by atoms with van der Waals surface area (Å²) in [4.78, 5) is 5.06. The van der Waals surface area contributed by atoms with Crippen molar-refractivity contribution >= 4 is 39.5 Å². The molecule has 0 N–H and O–H groups in total. The van der Waals surface area contributed by atoms with E-state index in [1.807, 2.05) is 18.2 Å². The molecule has 2 nitrogen and oxygen atoms in total. The fraction of sp³-hybridized carbons (Fsp3) is 0.200. The van der Waals surface area contributed by atoms with Crippen LogP contribution in [0.1, 0.15) is 12.0 Å². The Bertz CT molecular complexity index is 428. The van der Waals surface area contributed by atoms with Gasteiger partial charge in [-0.2, -0.15) is 0 Å². The van der Waals surface area contributed by atoms with Crippen LogP contribution in [0, 0.1) is 0 Å². The first-order valence-electron chi connectivity index (χ1n) is 4.15. The molecule has 0 amide bonds. The molecule has 0 bridgehead atoms. The van der Waals surface area contributed by atoms with E-state index in [9.17, 15) is 0 Å². The molecule has 0 aromatic heterocycles. The molecule has 0 fully saturated rings. The summed E-state index contributed by atoms with van der Waals surface area (Å²) in [6.45, 7) is 0. The maximum atomic E-state index is 5.86. The number of hydrogen-bond acceptors (Lipinski definition) is 3. The van der Waals surface area contributed by atoms with Crippen molar-refractivity contribution in [3.8, 4) is 5.75 Å². The predicted octanol–water partition coefficient (Wildman–Crippen LogP) is 3.09. The number of benzene rings is 1. The summed E-state index contributed by atoms with van der Waals surface area (Å²) in [7, 11) is 1.62. The highest BCUT2D eigenvalue weighted by Gasteiger charge is 2.15. The molecule has 0 aliphatic carbocycles. The maximum absolute atomic E-state index is 5.86. The molecule has 0 unspecified atom stereocenters. The lowest BCUT2D eigenvalue weighted by atomic mass is 10.1. The number of rotatable bonds is 1. The summed E-state index contributed by atoms with van der Waals surface area (Å²) in [5.41, 5.74) is 1.77. The van der Waals surface area contributed by atoms with Gasteiger partial charge in [0.1, 0.15) is 10.9 Å². The van der Waals surface area contributed by atoms with E-state index in [2.05, 4.69) is 4.99 Å². The number of aliphatic imine (C=N–C) groups is 1. The summed E-state index contributed by atoms with van der Waals surface area (Å²) in [6.07, 6.45) is 0.566. The molecule has 1 aromatic rings. The zero-order valence-electron chi connectivity index (χ0n) is 7.58. The number of thiocarbonyl (C=S) groups is 1. The topological polar surface area (TPSA) is 21.6 Å². The first-order chi connectivity index (χ1) is 6.70. The Labute approximate surface area is 92.6 Å². The van der Waals surface area contributed by atoms with E-state index < -0.39 is 0 Å². The van der Waals surface area contributed by atoms with Crippen molar-refractivity contribution < 1.29 is 4.74 Å². The maximum Gasteiger partial charge on any atom is 0.121 e. The van der Waals surface area contributed by atoms with Crippen LogP contribution < -0.4 is 4.74 Å². The van der Waals surface area contributed by atoms with E-state index >= 15 is 0 Å². The summed E-state index contributed by atoms with van der Waals surface area (Å²) >= 11 is 11.1. The molecular weight excluding hydrogens is 218 g/mol. The number of ether oxygens (including phenoxy) is 1. The van der Waals surface area contributed by atoms with Gasteiger partial charge in [-0.3, -0.25) is 0 Å². The van der Waals surface area contributed by atoms with Gasteiger partial charge in [-0.1, -0.05) is 23.8 Å². The van der Waals surface area contributed by atoms with Gasteiger partial charge >= 0.3 is 0 Å². The number of hydrogen-bond donors (Lipinski definition) is 0. The molecule has 1 heterocycles. The van der Waals surface area contributed by atoms with Crippen LogP contribution >= 0.6 is 23.8 Å². The Hall–Kier alpha value is -0.930. The lowest BCUT2D eigenvalue weighted by molar-refractivity contribution is 0.415. The summed E-state index contributed by atoms with van der Waals surface area (Å²) in [6, 6.07) is 5.63. The monoisotopic (exact) mass is 225 g/mol. The van der Waals surface area contributed by atoms with E-state index in [-0.39, 0.29) is 0 Å². The second kappa shape index (κ2) is 3.67. The van der Waals surface area contributed by atoms with Crippen molar-refractivity contribution in [3.63, 3.8) is 0 Å². The van der Waals surface area contributed by atoms with Gasteiger partial charge in [-0.25, -0.2) is 4.99 Å². The molecule has 4 heteroatoms. The van der Waals surface area contributed by atoms with Gasteiger partial charge < -0.3 is 4.74 Å². The first kappa shape index (κ1) is 9.62. The Morgan fingerprint density at radius 1 is 1.50 bits per heavy atom. The van der Waals surface area contributed by atoms with Crippen molar-refractivity contribution in [2.45, 2.75) is 6.42 Å². The van der Waals surface area contributed by atoms with E-state index in [1.54, 1.807) is 7.11 Å². The van der Waals surface area contributed by atoms with E-state index in [1.165, 1.54) is 0 Å². The van der Waals surface area contributed by atoms with Gasteiger partial charge in [0.05, 0.1) is 12.8 Å². The third-order valence-corrected chi connectivity index (χ3v) is 2.64. The van der Waals surface area contributed by atoms with Crippen LogP contribution in [-0.4, -0.2) is 17.1 Å². The van der Waals surface area contributed by atoms with Crippen LogP contribution in [0.4, 0.5) is 5.69 Å². The Morgan fingerprint density at radius 2 is 2.29 bits per heavy atom. The second-order valence-corrected chi connectivity index (χ2v) is 3.90. The van der Waals surface area contributed by atoms with Crippen molar-refractivity contribution in [2.75, 3.05) is 7.11 Å². The summed E-state index contributed by atoms with van der Waals surface area (Å²) in [5.74, 6) is 0.765. The molecule has 1 aliphatic rings. The predicted molar refractivity (Wildman–Crippen MR) is 62.3 cm³/mol. The van der Waals surface area contributed by atoms with Crippen LogP contribution in [0.2, 0.25) is 0 Å². The van der Waals surface area contributed by atoms with E-state index in [0.29, 0.717) is 11.6 Å². The minimum absolute atomic E-state index is 0.538. The lowest BCUT2D eigenvalue weighted by Gasteiger charge is -2.13. The fourth-order valence-corrected chi connectivity index (χ4v) is 1.98. The lowest BCUT2D eigenvalue weighted by Crippen LogP contribution is -2.07. The van der Waals surface area contributed by atoms with Crippen LogP contribution in [-0.2, 0) is 0 Å². The van der Waals surface area contributed by atoms with Gasteiger partial charge in [0.2, 0.25) is 0 Å². The highest BCUT2D eigenvalue weighted by atomic mass is 35.5. The standard InChI is InChI=1S/C10H8ClNOS/c1-13-6-2-3-7-8(4-6)12-10(11)5-9(7)14/h2-4H,5H2,1H3. The Balaban J connectivity index is 2.55. The zero-order chi connectivity index (χ0) is 10.1. The van der Waals surface area contributed by atoms with E-state index in [4.69, 9.17) is 28.6 Å². The normalized spacial score (nSPS) is 14.7. The van der Waals surface area contributed by atoms with E-state index in [0.717, 1.165) is 21.9 Å². The summed E-state index contributed by atoms with van der Waals surface area (Å²) in [5, 5.41) is 0.538. The molecular formula is C10H8ClNOS. The van der Waals surface area contributed by atoms with Gasteiger partial charge in [0.25, 0.3) is 0 Å². The quantitative estimate of drug-likeness (QED) is 0.685. The number of nitrogens with zero attached hydrogens (tertiary/aromatic N) is 1. The molecule has 0 saturated carbocycles. The number of halogens is 1. The van der Waals surface area contributed by atoms with Crippen LogP contribution in [0.3, 0.4) is 0 Å². The minimum atomic E-state index is 0.538. The van der Waals surface area contributed by atoms with Crippen LogP contribution in [0.5, 0.6) is 5.75 Å².